The molecule has 1 fully saturated rings. The van der Waals surface area contributed by atoms with Crippen LogP contribution in [0.2, 0.25) is 0 Å². The molecule has 6 heteroatoms. The third-order valence-electron chi connectivity index (χ3n) is 3.03. The fraction of sp³-hybridized carbons (Fsp3) is 0.167. The van der Waals surface area contributed by atoms with E-state index in [0.717, 1.165) is 20.0 Å². The van der Waals surface area contributed by atoms with Crippen molar-refractivity contribution in [1.29, 1.82) is 0 Å². The Labute approximate surface area is 116 Å². The van der Waals surface area contributed by atoms with E-state index in [1.54, 1.807) is 0 Å². The molecule has 1 aliphatic heterocycles. The lowest BCUT2D eigenvalue weighted by molar-refractivity contribution is -0.120. The number of carbonyl (C=O) groups is 2. The predicted molar refractivity (Wildman–Crippen MR) is 75.2 cm³/mol. The number of rotatable bonds is 2. The van der Waals surface area contributed by atoms with Crippen molar-refractivity contribution in [3.05, 3.63) is 33.5 Å². The molecule has 0 bridgehead atoms. The molecule has 3 N–H and O–H groups in total. The van der Waals surface area contributed by atoms with E-state index in [9.17, 15) is 9.59 Å². The van der Waals surface area contributed by atoms with Crippen LogP contribution >= 0.6 is 22.6 Å². The smallest absolute Gasteiger partial charge is 0.322 e. The van der Waals surface area contributed by atoms with Crippen molar-refractivity contribution in [2.45, 2.75) is 12.5 Å². The number of aromatic nitrogens is 1. The van der Waals surface area contributed by atoms with Crippen molar-refractivity contribution in [2.75, 3.05) is 0 Å². The van der Waals surface area contributed by atoms with Crippen LogP contribution in [0.5, 0.6) is 0 Å². The third-order valence-corrected chi connectivity index (χ3v) is 3.93. The molecule has 0 aliphatic carbocycles. The molecular formula is C12H10IN3O2. The van der Waals surface area contributed by atoms with Gasteiger partial charge in [0.2, 0.25) is 0 Å². The van der Waals surface area contributed by atoms with Crippen molar-refractivity contribution < 1.29 is 9.59 Å². The van der Waals surface area contributed by atoms with Gasteiger partial charge >= 0.3 is 6.03 Å². The number of H-pyrrole nitrogens is 1. The van der Waals surface area contributed by atoms with E-state index < -0.39 is 12.1 Å². The van der Waals surface area contributed by atoms with Crippen LogP contribution in [-0.2, 0) is 11.2 Å². The Balaban J connectivity index is 1.94. The molecule has 2 aromatic rings. The lowest BCUT2D eigenvalue weighted by Gasteiger charge is -2.05. The van der Waals surface area contributed by atoms with Crippen molar-refractivity contribution in [3.63, 3.8) is 0 Å². The van der Waals surface area contributed by atoms with E-state index in [-0.39, 0.29) is 5.91 Å². The summed E-state index contributed by atoms with van der Waals surface area (Å²) in [6.07, 6.45) is 2.39. The minimum Gasteiger partial charge on any atom is -0.360 e. The maximum absolute atomic E-state index is 11.5. The van der Waals surface area contributed by atoms with Gasteiger partial charge < -0.3 is 10.3 Å². The topological polar surface area (TPSA) is 74.0 Å². The molecule has 5 nitrogen and oxygen atoms in total. The molecule has 1 atom stereocenters. The Bertz CT molecular complexity index is 650. The summed E-state index contributed by atoms with van der Waals surface area (Å²) in [6.45, 7) is 0. The number of carbonyl (C=O) groups excluding carboxylic acids is 2. The Hall–Kier alpha value is -1.57. The van der Waals surface area contributed by atoms with E-state index >= 15 is 0 Å². The predicted octanol–water partition coefficient (Wildman–Crippen LogP) is 1.52. The van der Waals surface area contributed by atoms with Crippen LogP contribution in [0.4, 0.5) is 4.79 Å². The largest absolute Gasteiger partial charge is 0.360 e. The summed E-state index contributed by atoms with van der Waals surface area (Å²) in [5, 5.41) is 5.94. The number of fused-ring (bicyclic) bond motifs is 1. The highest BCUT2D eigenvalue weighted by molar-refractivity contribution is 14.1. The van der Waals surface area contributed by atoms with Crippen molar-refractivity contribution in [2.24, 2.45) is 0 Å². The highest BCUT2D eigenvalue weighted by Crippen LogP contribution is 2.24. The fourth-order valence-corrected chi connectivity index (χ4v) is 2.82. The van der Waals surface area contributed by atoms with E-state index in [1.807, 2.05) is 24.4 Å². The molecule has 92 valence electrons. The number of halogens is 1. The van der Waals surface area contributed by atoms with Crippen molar-refractivity contribution in [3.8, 4) is 0 Å². The zero-order valence-corrected chi connectivity index (χ0v) is 11.4. The van der Waals surface area contributed by atoms with Gasteiger partial charge in [0.1, 0.15) is 6.04 Å². The van der Waals surface area contributed by atoms with Gasteiger partial charge in [-0.1, -0.05) is 12.1 Å². The SMILES string of the molecule is O=C1NC(=O)[C@@H](Cc2c[nH]c3c(I)cccc23)N1. The molecule has 1 aromatic carbocycles. The summed E-state index contributed by atoms with van der Waals surface area (Å²) in [5.74, 6) is -0.264. The molecule has 1 aliphatic rings. The molecule has 1 aromatic heterocycles. The van der Waals surface area contributed by atoms with Gasteiger partial charge in [-0.15, -0.1) is 0 Å². The second-order valence-corrected chi connectivity index (χ2v) is 5.36. The summed E-state index contributed by atoms with van der Waals surface area (Å²) in [4.78, 5) is 25.8. The first-order valence-corrected chi connectivity index (χ1v) is 6.59. The summed E-state index contributed by atoms with van der Waals surface area (Å²) in [7, 11) is 0. The van der Waals surface area contributed by atoms with Crippen LogP contribution in [0.3, 0.4) is 0 Å². The van der Waals surface area contributed by atoms with Gasteiger partial charge in [-0.25, -0.2) is 4.79 Å². The van der Waals surface area contributed by atoms with E-state index in [1.165, 1.54) is 0 Å². The molecule has 0 spiro atoms. The first kappa shape index (κ1) is 11.5. The van der Waals surface area contributed by atoms with Gasteiger partial charge in [0.05, 0.1) is 5.52 Å². The average molecular weight is 355 g/mol. The quantitative estimate of drug-likeness (QED) is 0.565. The average Bonchev–Trinajstić information content (AvgIpc) is 2.86. The second kappa shape index (κ2) is 4.27. The number of aromatic amines is 1. The molecule has 2 heterocycles. The zero-order chi connectivity index (χ0) is 12.7. The van der Waals surface area contributed by atoms with Crippen molar-refractivity contribution in [1.82, 2.24) is 15.6 Å². The van der Waals surface area contributed by atoms with Gasteiger partial charge in [-0.05, 0) is 34.2 Å². The van der Waals surface area contributed by atoms with Crippen LogP contribution in [0.15, 0.2) is 24.4 Å². The Morgan fingerprint density at radius 1 is 1.28 bits per heavy atom. The normalized spacial score (nSPS) is 19.1. The number of benzene rings is 1. The van der Waals surface area contributed by atoms with E-state index in [0.29, 0.717) is 6.42 Å². The monoisotopic (exact) mass is 355 g/mol. The standard InChI is InChI=1S/C12H10IN3O2/c13-8-3-1-2-7-6(5-14-10(7)8)4-9-11(17)16-12(18)15-9/h1-3,5,9,14H,4H2,(H2,15,16,17,18)/t9-/m1/s1. The molecule has 1 saturated heterocycles. The van der Waals surface area contributed by atoms with Crippen LogP contribution in [0.1, 0.15) is 5.56 Å². The summed E-state index contributed by atoms with van der Waals surface area (Å²) in [6, 6.07) is 5.12. The van der Waals surface area contributed by atoms with Gasteiger partial charge in [0, 0.05) is 21.6 Å². The maximum Gasteiger partial charge on any atom is 0.322 e. The highest BCUT2D eigenvalue weighted by Gasteiger charge is 2.30. The van der Waals surface area contributed by atoms with E-state index in [2.05, 4.69) is 38.2 Å². The van der Waals surface area contributed by atoms with Gasteiger partial charge in [0.15, 0.2) is 0 Å². The molecule has 0 saturated carbocycles. The fourth-order valence-electron chi connectivity index (χ4n) is 2.17. The second-order valence-electron chi connectivity index (χ2n) is 4.20. The molecule has 0 unspecified atom stereocenters. The van der Waals surface area contributed by atoms with Crippen LogP contribution in [0, 0.1) is 3.57 Å². The Kier molecular flexibility index (Phi) is 2.73. The summed E-state index contributed by atoms with van der Waals surface area (Å²) in [5.41, 5.74) is 2.10. The number of amides is 3. The Morgan fingerprint density at radius 3 is 2.83 bits per heavy atom. The third kappa shape index (κ3) is 1.86. The molecule has 3 amide bonds. The number of urea groups is 1. The lowest BCUT2D eigenvalue weighted by atomic mass is 10.1. The zero-order valence-electron chi connectivity index (χ0n) is 9.29. The number of hydrogen-bond donors (Lipinski definition) is 3. The van der Waals surface area contributed by atoms with Gasteiger partial charge in [-0.2, -0.15) is 0 Å². The molecule has 0 radical (unpaired) electrons. The van der Waals surface area contributed by atoms with Crippen molar-refractivity contribution >= 4 is 45.4 Å². The highest BCUT2D eigenvalue weighted by atomic mass is 127. The van der Waals surface area contributed by atoms with Crippen LogP contribution in [0.25, 0.3) is 10.9 Å². The van der Waals surface area contributed by atoms with Gasteiger partial charge in [-0.3, -0.25) is 10.1 Å². The van der Waals surface area contributed by atoms with E-state index in [4.69, 9.17) is 0 Å². The first-order valence-electron chi connectivity index (χ1n) is 5.51. The lowest BCUT2D eigenvalue weighted by Crippen LogP contribution is -2.30. The number of hydrogen-bond acceptors (Lipinski definition) is 2. The minimum absolute atomic E-state index is 0.264. The van der Waals surface area contributed by atoms with Crippen LogP contribution < -0.4 is 10.6 Å². The summed E-state index contributed by atoms with van der Waals surface area (Å²) < 4.78 is 1.14. The van der Waals surface area contributed by atoms with Crippen LogP contribution in [-0.4, -0.2) is 23.0 Å². The maximum atomic E-state index is 11.5. The molecule has 3 rings (SSSR count). The summed E-state index contributed by atoms with van der Waals surface area (Å²) >= 11 is 2.26. The van der Waals surface area contributed by atoms with Gasteiger partial charge in [0.25, 0.3) is 5.91 Å². The Morgan fingerprint density at radius 2 is 2.11 bits per heavy atom. The number of nitrogens with one attached hydrogen (secondary N) is 3. The minimum atomic E-state index is -0.477. The number of imide groups is 1. The first-order chi connectivity index (χ1) is 8.65. The molecule has 18 heavy (non-hydrogen) atoms. The molecular weight excluding hydrogens is 345 g/mol. The number of para-hydroxylation sites is 1.